The Morgan fingerprint density at radius 2 is 1.65 bits per heavy atom. The molecule has 0 aromatic heterocycles. The van der Waals surface area contributed by atoms with E-state index in [4.69, 9.17) is 16.3 Å². The minimum absolute atomic E-state index is 0.119. The Morgan fingerprint density at radius 1 is 0.973 bits per heavy atom. The second kappa shape index (κ2) is 10.6. The van der Waals surface area contributed by atoms with Gasteiger partial charge in [-0.2, -0.15) is 0 Å². The highest BCUT2D eigenvalue weighted by atomic mass is 35.5. The van der Waals surface area contributed by atoms with Crippen LogP contribution in [0.25, 0.3) is 6.08 Å². The summed E-state index contributed by atoms with van der Waals surface area (Å²) in [7, 11) is 0. The van der Waals surface area contributed by atoms with Crippen LogP contribution in [0.1, 0.15) is 15.9 Å². The van der Waals surface area contributed by atoms with Crippen LogP contribution in [0.3, 0.4) is 0 Å². The number of carbonyl (C=O) groups excluding carboxylic acids is 3. The second-order valence-corrected chi connectivity index (χ2v) is 8.96. The molecule has 0 atom stereocenters. The number of halogens is 1. The van der Waals surface area contributed by atoms with Gasteiger partial charge >= 0.3 is 5.69 Å². The Morgan fingerprint density at radius 3 is 2.27 bits per heavy atom. The van der Waals surface area contributed by atoms with E-state index in [1.807, 2.05) is 0 Å². The van der Waals surface area contributed by atoms with E-state index in [0.29, 0.717) is 27.9 Å². The van der Waals surface area contributed by atoms with E-state index in [2.05, 4.69) is 0 Å². The quantitative estimate of drug-likeness (QED) is 0.148. The number of benzene rings is 3. The molecule has 0 spiro atoms. The van der Waals surface area contributed by atoms with E-state index in [-0.39, 0.29) is 16.4 Å². The maximum absolute atomic E-state index is 12.7. The van der Waals surface area contributed by atoms with Crippen molar-refractivity contribution in [2.45, 2.75) is 0 Å². The van der Waals surface area contributed by atoms with Crippen LogP contribution in [-0.4, -0.2) is 38.2 Å². The molecule has 186 valence electrons. The van der Waals surface area contributed by atoms with Gasteiger partial charge in [-0.1, -0.05) is 23.7 Å². The molecule has 2 amide bonds. The number of nitro benzene ring substituents is 2. The lowest BCUT2D eigenvalue weighted by molar-refractivity contribution is -0.394. The fourth-order valence-electron chi connectivity index (χ4n) is 3.27. The number of thioether (sulfide) groups is 1. The summed E-state index contributed by atoms with van der Waals surface area (Å²) in [6.45, 7) is -0.412. The van der Waals surface area contributed by atoms with Gasteiger partial charge in [-0.15, -0.1) is 0 Å². The van der Waals surface area contributed by atoms with Crippen LogP contribution >= 0.6 is 23.4 Å². The van der Waals surface area contributed by atoms with Crippen molar-refractivity contribution < 1.29 is 29.0 Å². The molecule has 0 N–H and O–H groups in total. The Hall–Kier alpha value is -4.55. The van der Waals surface area contributed by atoms with Crippen LogP contribution in [0, 0.1) is 20.2 Å². The molecule has 0 aliphatic carbocycles. The number of nitrogens with zero attached hydrogens (tertiary/aromatic N) is 3. The summed E-state index contributed by atoms with van der Waals surface area (Å²) in [6.07, 6.45) is 1.47. The van der Waals surface area contributed by atoms with Gasteiger partial charge in [0.1, 0.15) is 5.75 Å². The molecule has 0 unspecified atom stereocenters. The predicted molar refractivity (Wildman–Crippen MR) is 135 cm³/mol. The molecule has 1 aliphatic heterocycles. The zero-order valence-corrected chi connectivity index (χ0v) is 20.1. The molecule has 1 saturated heterocycles. The molecular formula is C24H14ClN3O8S. The highest BCUT2D eigenvalue weighted by Crippen LogP contribution is 2.35. The highest BCUT2D eigenvalue weighted by Gasteiger charge is 2.36. The molecule has 1 heterocycles. The number of imide groups is 1. The lowest BCUT2D eigenvalue weighted by Crippen LogP contribution is -2.33. The average molecular weight is 540 g/mol. The van der Waals surface area contributed by atoms with Crippen molar-refractivity contribution in [3.8, 4) is 11.5 Å². The van der Waals surface area contributed by atoms with Crippen LogP contribution in [0.15, 0.2) is 71.6 Å². The van der Waals surface area contributed by atoms with Crippen LogP contribution in [0.4, 0.5) is 16.2 Å². The number of nitro groups is 2. The number of non-ortho nitro benzene ring substituents is 1. The molecule has 11 nitrogen and oxygen atoms in total. The fourth-order valence-corrected chi connectivity index (χ4v) is 4.23. The summed E-state index contributed by atoms with van der Waals surface area (Å²) in [5, 5.41) is 22.0. The Kier molecular flexibility index (Phi) is 7.32. The van der Waals surface area contributed by atoms with Crippen LogP contribution in [0.2, 0.25) is 5.02 Å². The highest BCUT2D eigenvalue weighted by molar-refractivity contribution is 8.18. The van der Waals surface area contributed by atoms with E-state index in [0.717, 1.165) is 23.1 Å². The zero-order chi connectivity index (χ0) is 26.7. The number of Topliss-reactive ketones (excluding diaryl/α,β-unsaturated/α-hetero) is 1. The minimum atomic E-state index is -0.787. The van der Waals surface area contributed by atoms with Crippen LogP contribution in [0.5, 0.6) is 11.5 Å². The maximum atomic E-state index is 12.7. The van der Waals surface area contributed by atoms with Crippen molar-refractivity contribution in [2.24, 2.45) is 0 Å². The smallest absolute Gasteiger partial charge is 0.318 e. The summed E-state index contributed by atoms with van der Waals surface area (Å²) in [5.74, 6) is -1.01. The monoisotopic (exact) mass is 539 g/mol. The molecule has 3 aromatic rings. The molecule has 1 aliphatic rings. The van der Waals surface area contributed by atoms with E-state index < -0.39 is 44.7 Å². The van der Waals surface area contributed by atoms with Gasteiger partial charge < -0.3 is 4.74 Å². The van der Waals surface area contributed by atoms with Crippen LogP contribution < -0.4 is 4.74 Å². The average Bonchev–Trinajstić information content (AvgIpc) is 3.12. The third kappa shape index (κ3) is 5.82. The fraction of sp³-hybridized carbons (Fsp3) is 0.0417. The van der Waals surface area contributed by atoms with Gasteiger partial charge in [-0.05, 0) is 65.9 Å². The summed E-state index contributed by atoms with van der Waals surface area (Å²) in [6, 6.07) is 15.2. The molecule has 4 rings (SSSR count). The van der Waals surface area contributed by atoms with Gasteiger partial charge in [-0.3, -0.25) is 39.5 Å². The third-order valence-electron chi connectivity index (χ3n) is 5.10. The maximum Gasteiger partial charge on any atom is 0.318 e. The van der Waals surface area contributed by atoms with E-state index in [1.54, 1.807) is 12.1 Å². The Bertz CT molecular complexity index is 1470. The summed E-state index contributed by atoms with van der Waals surface area (Å²) in [5.41, 5.74) is -0.172. The number of amides is 2. The normalized spacial score (nSPS) is 14.2. The Balaban J connectivity index is 1.47. The number of carbonyl (C=O) groups is 3. The van der Waals surface area contributed by atoms with Gasteiger partial charge in [0.15, 0.2) is 5.78 Å². The van der Waals surface area contributed by atoms with Gasteiger partial charge in [-0.25, -0.2) is 0 Å². The molecule has 0 radical (unpaired) electrons. The topological polar surface area (TPSA) is 150 Å². The number of hydrogen-bond acceptors (Lipinski definition) is 9. The lowest BCUT2D eigenvalue weighted by atomic mass is 10.1. The number of hydrogen-bond donors (Lipinski definition) is 0. The molecule has 13 heteroatoms. The number of ketones is 1. The zero-order valence-electron chi connectivity index (χ0n) is 18.5. The van der Waals surface area contributed by atoms with Gasteiger partial charge in [0.25, 0.3) is 16.8 Å². The molecular weight excluding hydrogens is 526 g/mol. The number of rotatable bonds is 8. The van der Waals surface area contributed by atoms with Gasteiger partial charge in [0.05, 0.1) is 27.4 Å². The van der Waals surface area contributed by atoms with Gasteiger partial charge in [0.2, 0.25) is 5.75 Å². The second-order valence-electron chi connectivity index (χ2n) is 7.54. The molecule has 0 saturated carbocycles. The van der Waals surface area contributed by atoms with Crippen molar-refractivity contribution in [3.63, 3.8) is 0 Å². The number of ether oxygens (including phenoxy) is 1. The first-order valence-corrected chi connectivity index (χ1v) is 11.6. The van der Waals surface area contributed by atoms with Crippen LogP contribution in [-0.2, 0) is 4.79 Å². The van der Waals surface area contributed by atoms with E-state index >= 15 is 0 Å². The standard InChI is InChI=1S/C24H14ClN3O8S/c25-16-5-3-15(4-6-16)20(29)13-26-23(30)22(37-24(26)31)11-14-1-8-18(9-2-14)36-21-10-7-17(27(32)33)12-19(21)28(34)35/h1-12H,13H2/b22-11+. The van der Waals surface area contributed by atoms with Crippen molar-refractivity contribution in [1.29, 1.82) is 0 Å². The molecule has 3 aromatic carbocycles. The van der Waals surface area contributed by atoms with E-state index in [1.165, 1.54) is 42.5 Å². The van der Waals surface area contributed by atoms with Crippen molar-refractivity contribution in [1.82, 2.24) is 4.90 Å². The van der Waals surface area contributed by atoms with E-state index in [9.17, 15) is 34.6 Å². The summed E-state index contributed by atoms with van der Waals surface area (Å²) in [4.78, 5) is 59.2. The first-order chi connectivity index (χ1) is 17.6. The molecule has 0 bridgehead atoms. The molecule has 1 fully saturated rings. The Labute approximate surface area is 217 Å². The molecule has 37 heavy (non-hydrogen) atoms. The largest absolute Gasteiger partial charge is 0.450 e. The summed E-state index contributed by atoms with van der Waals surface area (Å²) >= 11 is 6.51. The first kappa shape index (κ1) is 25.5. The van der Waals surface area contributed by atoms with Crippen molar-refractivity contribution in [3.05, 3.63) is 108 Å². The lowest BCUT2D eigenvalue weighted by Gasteiger charge is -2.11. The first-order valence-electron chi connectivity index (χ1n) is 10.4. The van der Waals surface area contributed by atoms with Gasteiger partial charge in [0, 0.05) is 16.7 Å². The summed E-state index contributed by atoms with van der Waals surface area (Å²) < 4.78 is 5.51. The predicted octanol–water partition coefficient (Wildman–Crippen LogP) is 5.87. The van der Waals surface area contributed by atoms with Crippen molar-refractivity contribution >= 4 is 57.7 Å². The third-order valence-corrected chi connectivity index (χ3v) is 6.26. The minimum Gasteiger partial charge on any atom is -0.450 e. The SMILES string of the molecule is O=C(CN1C(=O)S/C(=C/c2ccc(Oc3ccc([N+](=O)[O-])cc3[N+](=O)[O-])cc2)C1=O)c1ccc(Cl)cc1. The van der Waals surface area contributed by atoms with Crippen molar-refractivity contribution in [2.75, 3.05) is 6.54 Å².